The van der Waals surface area contributed by atoms with Crippen LogP contribution in [0.4, 0.5) is 18.0 Å². The molecule has 2 fully saturated rings. The number of Topliss-reactive ketones (excluding diaryl/α,β-unsaturated/α-hetero) is 1. The number of ether oxygens (including phenoxy) is 2. The Balaban J connectivity index is 1.38. The Hall–Kier alpha value is -3.10. The fourth-order valence-corrected chi connectivity index (χ4v) is 4.82. The molecule has 2 aliphatic carbocycles. The number of alkyl carbamates (subject to hydrolysis) is 1. The summed E-state index contributed by atoms with van der Waals surface area (Å²) in [5.41, 5.74) is 2.52. The summed E-state index contributed by atoms with van der Waals surface area (Å²) < 4.78 is 46.5. The molecule has 1 aromatic carbocycles. The first-order valence-corrected chi connectivity index (χ1v) is 12.7. The smallest absolute Gasteiger partial charge is 0.443 e. The third kappa shape index (κ3) is 7.69. The zero-order chi connectivity index (χ0) is 26.8. The van der Waals surface area contributed by atoms with E-state index in [0.29, 0.717) is 30.1 Å². The summed E-state index contributed by atoms with van der Waals surface area (Å²) in [6.07, 6.45) is -0.274. The number of rotatable bonds is 7. The molecule has 0 saturated heterocycles. The molecule has 0 atom stereocenters. The van der Waals surface area contributed by atoms with Crippen molar-refractivity contribution in [2.24, 2.45) is 5.92 Å². The summed E-state index contributed by atoms with van der Waals surface area (Å²) in [4.78, 5) is 30.2. The van der Waals surface area contributed by atoms with Gasteiger partial charge in [0.2, 0.25) is 0 Å². The Morgan fingerprint density at radius 3 is 2.11 bits per heavy atom. The van der Waals surface area contributed by atoms with Crippen molar-refractivity contribution < 1.29 is 32.2 Å². The van der Waals surface area contributed by atoms with Gasteiger partial charge >= 0.3 is 12.5 Å². The normalized spacial score (nSPS) is 20.3. The van der Waals surface area contributed by atoms with Crippen LogP contribution >= 0.6 is 0 Å². The zero-order valence-electron chi connectivity index (χ0n) is 21.4. The van der Waals surface area contributed by atoms with E-state index in [9.17, 15) is 22.8 Å². The van der Waals surface area contributed by atoms with Gasteiger partial charge in [-0.2, -0.15) is 0 Å². The number of pyridine rings is 1. The van der Waals surface area contributed by atoms with E-state index in [2.05, 4.69) is 15.0 Å². The van der Waals surface area contributed by atoms with Crippen LogP contribution in [0.5, 0.6) is 5.75 Å². The Morgan fingerprint density at radius 1 is 0.919 bits per heavy atom. The summed E-state index contributed by atoms with van der Waals surface area (Å²) in [5, 5.41) is 2.74. The molecular formula is C28H33F3N2O4. The molecule has 2 saturated carbocycles. The van der Waals surface area contributed by atoms with Crippen molar-refractivity contribution in [3.8, 4) is 5.75 Å². The highest BCUT2D eigenvalue weighted by molar-refractivity contribution is 5.97. The lowest BCUT2D eigenvalue weighted by molar-refractivity contribution is -0.274. The van der Waals surface area contributed by atoms with Crippen molar-refractivity contribution in [2.75, 3.05) is 0 Å². The zero-order valence-corrected chi connectivity index (χ0v) is 21.4. The van der Waals surface area contributed by atoms with Crippen LogP contribution in [0.2, 0.25) is 0 Å². The van der Waals surface area contributed by atoms with Crippen molar-refractivity contribution in [3.05, 3.63) is 58.9 Å². The maximum absolute atomic E-state index is 13.5. The highest BCUT2D eigenvalue weighted by Crippen LogP contribution is 2.43. The number of amides is 1. The van der Waals surface area contributed by atoms with E-state index in [4.69, 9.17) is 4.74 Å². The molecule has 1 heterocycles. The van der Waals surface area contributed by atoms with Gasteiger partial charge in [-0.15, -0.1) is 13.2 Å². The van der Waals surface area contributed by atoms with E-state index in [1.807, 2.05) is 32.9 Å². The highest BCUT2D eigenvalue weighted by Gasteiger charge is 2.34. The predicted molar refractivity (Wildman–Crippen MR) is 131 cm³/mol. The average molecular weight is 519 g/mol. The number of carbonyl (C=O) groups is 2. The fourth-order valence-electron chi connectivity index (χ4n) is 4.82. The average Bonchev–Trinajstić information content (AvgIpc) is 3.66. The van der Waals surface area contributed by atoms with Gasteiger partial charge in [0, 0.05) is 11.5 Å². The summed E-state index contributed by atoms with van der Waals surface area (Å²) in [6.45, 7) is 5.56. The SMILES string of the molecule is CC(C)(C)NC(=O)OCc1ccc(C2CC2)c(C(=O)C2CCC(c3ccc(OC(F)(F)F)cc3)CC2)n1. The maximum atomic E-state index is 13.5. The van der Waals surface area contributed by atoms with Crippen molar-refractivity contribution in [3.63, 3.8) is 0 Å². The van der Waals surface area contributed by atoms with Crippen LogP contribution in [-0.2, 0) is 11.3 Å². The minimum atomic E-state index is -4.71. The Labute approximate surface area is 214 Å². The van der Waals surface area contributed by atoms with Crippen LogP contribution in [0.25, 0.3) is 0 Å². The second kappa shape index (κ2) is 10.7. The molecule has 0 unspecified atom stereocenters. The first-order valence-electron chi connectivity index (χ1n) is 12.7. The van der Waals surface area contributed by atoms with Crippen molar-refractivity contribution >= 4 is 11.9 Å². The van der Waals surface area contributed by atoms with Crippen LogP contribution in [0.3, 0.4) is 0 Å². The molecule has 200 valence electrons. The first kappa shape index (κ1) is 26.9. The molecule has 1 amide bonds. The number of aromatic nitrogens is 1. The van der Waals surface area contributed by atoms with Gasteiger partial charge in [-0.25, -0.2) is 9.78 Å². The van der Waals surface area contributed by atoms with Gasteiger partial charge in [0.05, 0.1) is 5.69 Å². The molecule has 0 spiro atoms. The van der Waals surface area contributed by atoms with Gasteiger partial charge in [0.1, 0.15) is 18.1 Å². The summed E-state index contributed by atoms with van der Waals surface area (Å²) in [7, 11) is 0. The second-order valence-electron chi connectivity index (χ2n) is 11.0. The van der Waals surface area contributed by atoms with E-state index in [1.54, 1.807) is 12.1 Å². The number of halogens is 3. The number of hydrogen-bond acceptors (Lipinski definition) is 5. The highest BCUT2D eigenvalue weighted by atomic mass is 19.4. The monoisotopic (exact) mass is 518 g/mol. The summed E-state index contributed by atoms with van der Waals surface area (Å²) >= 11 is 0. The van der Waals surface area contributed by atoms with Crippen LogP contribution in [0.15, 0.2) is 36.4 Å². The third-order valence-electron chi connectivity index (χ3n) is 6.75. The molecular weight excluding hydrogens is 485 g/mol. The predicted octanol–water partition coefficient (Wildman–Crippen LogP) is 7.04. The number of hydrogen-bond donors (Lipinski definition) is 1. The van der Waals surface area contributed by atoms with Gasteiger partial charge in [-0.1, -0.05) is 18.2 Å². The number of benzene rings is 1. The largest absolute Gasteiger partial charge is 0.573 e. The standard InChI is InChI=1S/C28H33F3N2O4/c1-27(2,3)33-26(35)36-16-21-12-15-23(19-6-7-19)24(32-21)25(34)20-8-4-17(5-9-20)18-10-13-22(14-11-18)37-28(29,30)31/h10-15,17,19-20H,4-9,16H2,1-3H3,(H,33,35). The lowest BCUT2D eigenvalue weighted by Gasteiger charge is -2.28. The van der Waals surface area contributed by atoms with Crippen molar-refractivity contribution in [1.82, 2.24) is 10.3 Å². The lowest BCUT2D eigenvalue weighted by Crippen LogP contribution is -2.40. The molecule has 37 heavy (non-hydrogen) atoms. The van der Waals surface area contributed by atoms with Crippen molar-refractivity contribution in [2.45, 2.75) is 89.6 Å². The van der Waals surface area contributed by atoms with Gasteiger partial charge < -0.3 is 14.8 Å². The summed E-state index contributed by atoms with van der Waals surface area (Å²) in [5.74, 6) is 0.156. The Morgan fingerprint density at radius 2 is 1.54 bits per heavy atom. The topological polar surface area (TPSA) is 77.5 Å². The maximum Gasteiger partial charge on any atom is 0.573 e. The lowest BCUT2D eigenvalue weighted by atomic mass is 9.76. The molecule has 1 aromatic heterocycles. The summed E-state index contributed by atoms with van der Waals surface area (Å²) in [6, 6.07) is 9.76. The van der Waals surface area contributed by atoms with Gasteiger partial charge in [-0.3, -0.25) is 4.79 Å². The van der Waals surface area contributed by atoms with E-state index >= 15 is 0 Å². The van der Waals surface area contributed by atoms with Crippen LogP contribution < -0.4 is 10.1 Å². The quantitative estimate of drug-likeness (QED) is 0.398. The first-order chi connectivity index (χ1) is 17.4. The van der Waals surface area contributed by atoms with Crippen LogP contribution in [0, 0.1) is 5.92 Å². The van der Waals surface area contributed by atoms with Gasteiger partial charge in [0.15, 0.2) is 5.78 Å². The molecule has 0 aliphatic heterocycles. The molecule has 2 aromatic rings. The van der Waals surface area contributed by atoms with E-state index in [1.165, 1.54) is 12.1 Å². The molecule has 9 heteroatoms. The minimum Gasteiger partial charge on any atom is -0.443 e. The van der Waals surface area contributed by atoms with E-state index in [0.717, 1.165) is 36.8 Å². The second-order valence-corrected chi connectivity index (χ2v) is 11.0. The third-order valence-corrected chi connectivity index (χ3v) is 6.75. The number of carbonyl (C=O) groups excluding carboxylic acids is 2. The van der Waals surface area contributed by atoms with Crippen LogP contribution in [0.1, 0.15) is 98.4 Å². The Kier molecular flexibility index (Phi) is 7.80. The van der Waals surface area contributed by atoms with Gasteiger partial charge in [-0.05, 0) is 100 Å². The molecule has 0 bridgehead atoms. The number of alkyl halides is 3. The molecule has 6 nitrogen and oxygen atoms in total. The minimum absolute atomic E-state index is 0.0199. The number of nitrogens with one attached hydrogen (secondary N) is 1. The van der Waals surface area contributed by atoms with Crippen LogP contribution in [-0.4, -0.2) is 28.8 Å². The Bertz CT molecular complexity index is 1110. The van der Waals surface area contributed by atoms with E-state index in [-0.39, 0.29) is 30.0 Å². The molecule has 2 aliphatic rings. The van der Waals surface area contributed by atoms with E-state index < -0.39 is 18.0 Å². The van der Waals surface area contributed by atoms with Gasteiger partial charge in [0.25, 0.3) is 0 Å². The molecule has 0 radical (unpaired) electrons. The number of ketones is 1. The number of nitrogens with zero attached hydrogens (tertiary/aromatic N) is 1. The molecule has 4 rings (SSSR count). The fraction of sp³-hybridized carbons (Fsp3) is 0.536. The van der Waals surface area contributed by atoms with Crippen molar-refractivity contribution in [1.29, 1.82) is 0 Å². The molecule has 1 N–H and O–H groups in total.